The molecule has 4 nitrogen and oxygen atoms in total. The third-order valence-electron chi connectivity index (χ3n) is 2.42. The molecule has 0 aliphatic carbocycles. The molecule has 0 bridgehead atoms. The van der Waals surface area contributed by atoms with Crippen LogP contribution in [0.2, 0.25) is 0 Å². The van der Waals surface area contributed by atoms with Crippen LogP contribution in [0.25, 0.3) is 0 Å². The SMILES string of the molecule is COc1cc(C(C)C(=O)O)c(F)c(OC)c1F. The van der Waals surface area contributed by atoms with Gasteiger partial charge in [-0.3, -0.25) is 4.79 Å². The summed E-state index contributed by atoms with van der Waals surface area (Å²) in [4.78, 5) is 10.8. The maximum Gasteiger partial charge on any atom is 0.310 e. The average molecular weight is 246 g/mol. The Morgan fingerprint density at radius 1 is 1.29 bits per heavy atom. The third kappa shape index (κ3) is 2.30. The van der Waals surface area contributed by atoms with Crippen molar-refractivity contribution in [3.05, 3.63) is 23.3 Å². The highest BCUT2D eigenvalue weighted by Crippen LogP contribution is 2.35. The summed E-state index contributed by atoms with van der Waals surface area (Å²) in [6.07, 6.45) is 0. The van der Waals surface area contributed by atoms with Gasteiger partial charge in [0.1, 0.15) is 0 Å². The molecule has 6 heteroatoms. The monoisotopic (exact) mass is 246 g/mol. The first kappa shape index (κ1) is 13.2. The molecule has 1 rings (SSSR count). The molecule has 1 atom stereocenters. The lowest BCUT2D eigenvalue weighted by atomic mass is 9.99. The standard InChI is InChI=1S/C11H12F2O4/c1-5(11(14)15)6-4-7(16-2)9(13)10(17-3)8(6)12/h4-5H,1-3H3,(H,14,15). The molecule has 0 saturated carbocycles. The molecule has 0 aromatic heterocycles. The van der Waals surface area contributed by atoms with Gasteiger partial charge in [0, 0.05) is 5.56 Å². The molecule has 0 saturated heterocycles. The number of ether oxygens (including phenoxy) is 2. The average Bonchev–Trinajstić information content (AvgIpc) is 2.29. The smallest absolute Gasteiger partial charge is 0.310 e. The lowest BCUT2D eigenvalue weighted by Gasteiger charge is -2.14. The highest BCUT2D eigenvalue weighted by Gasteiger charge is 2.26. The molecule has 1 unspecified atom stereocenters. The zero-order valence-electron chi connectivity index (χ0n) is 9.58. The lowest BCUT2D eigenvalue weighted by Crippen LogP contribution is -2.11. The van der Waals surface area contributed by atoms with Crippen molar-refractivity contribution in [2.75, 3.05) is 14.2 Å². The highest BCUT2D eigenvalue weighted by molar-refractivity contribution is 5.76. The molecule has 0 aliphatic rings. The molecule has 1 aromatic rings. The molecule has 1 N–H and O–H groups in total. The van der Waals surface area contributed by atoms with Crippen molar-refractivity contribution >= 4 is 5.97 Å². The molecule has 0 fully saturated rings. The first-order valence-electron chi connectivity index (χ1n) is 4.76. The first-order valence-corrected chi connectivity index (χ1v) is 4.76. The Hall–Kier alpha value is -1.85. The van der Waals surface area contributed by atoms with Gasteiger partial charge in [-0.1, -0.05) is 0 Å². The van der Waals surface area contributed by atoms with E-state index in [1.165, 1.54) is 14.0 Å². The quantitative estimate of drug-likeness (QED) is 0.884. The summed E-state index contributed by atoms with van der Waals surface area (Å²) >= 11 is 0. The third-order valence-corrected chi connectivity index (χ3v) is 2.42. The number of rotatable bonds is 4. The van der Waals surface area contributed by atoms with Crippen molar-refractivity contribution in [2.45, 2.75) is 12.8 Å². The molecule has 0 amide bonds. The number of carboxylic acid groups (broad SMARTS) is 1. The van der Waals surface area contributed by atoms with Crippen molar-refractivity contribution in [3.8, 4) is 11.5 Å². The van der Waals surface area contributed by atoms with Crippen LogP contribution in [0, 0.1) is 11.6 Å². The maximum atomic E-state index is 13.8. The highest BCUT2D eigenvalue weighted by atomic mass is 19.1. The minimum Gasteiger partial charge on any atom is -0.494 e. The summed E-state index contributed by atoms with van der Waals surface area (Å²) in [6, 6.07) is 1.02. The second kappa shape index (κ2) is 4.99. The lowest BCUT2D eigenvalue weighted by molar-refractivity contribution is -0.138. The van der Waals surface area contributed by atoms with E-state index in [2.05, 4.69) is 4.74 Å². The Bertz CT molecular complexity index is 446. The molecule has 0 radical (unpaired) electrons. The summed E-state index contributed by atoms with van der Waals surface area (Å²) in [5.41, 5.74) is -0.187. The van der Waals surface area contributed by atoms with E-state index in [4.69, 9.17) is 9.84 Å². The molecule has 94 valence electrons. The van der Waals surface area contributed by atoms with Crippen molar-refractivity contribution in [1.82, 2.24) is 0 Å². The van der Waals surface area contributed by atoms with Gasteiger partial charge in [-0.2, -0.15) is 4.39 Å². The second-order valence-corrected chi connectivity index (χ2v) is 3.39. The Morgan fingerprint density at radius 3 is 2.29 bits per heavy atom. The van der Waals surface area contributed by atoms with Crippen molar-refractivity contribution in [3.63, 3.8) is 0 Å². The molecule has 0 heterocycles. The summed E-state index contributed by atoms with van der Waals surface area (Å²) in [6.45, 7) is 1.29. The fourth-order valence-electron chi connectivity index (χ4n) is 1.38. The molecule has 1 aromatic carbocycles. The van der Waals surface area contributed by atoms with Gasteiger partial charge >= 0.3 is 5.97 Å². The number of methoxy groups -OCH3 is 2. The number of aliphatic carboxylic acids is 1. The largest absolute Gasteiger partial charge is 0.494 e. The first-order chi connectivity index (χ1) is 7.93. The molecule has 0 aliphatic heterocycles. The van der Waals surface area contributed by atoms with Gasteiger partial charge in [0.15, 0.2) is 17.3 Å². The fraction of sp³-hybridized carbons (Fsp3) is 0.364. The van der Waals surface area contributed by atoms with Gasteiger partial charge in [-0.15, -0.1) is 0 Å². The zero-order chi connectivity index (χ0) is 13.2. The predicted octanol–water partition coefficient (Wildman–Crippen LogP) is 2.17. The van der Waals surface area contributed by atoms with Gasteiger partial charge in [0.25, 0.3) is 0 Å². The van der Waals surface area contributed by atoms with E-state index in [-0.39, 0.29) is 11.3 Å². The van der Waals surface area contributed by atoms with E-state index >= 15 is 0 Å². The van der Waals surface area contributed by atoms with E-state index in [9.17, 15) is 13.6 Å². The van der Waals surface area contributed by atoms with Crippen molar-refractivity contribution < 1.29 is 28.2 Å². The Morgan fingerprint density at radius 2 is 1.88 bits per heavy atom. The van der Waals surface area contributed by atoms with Gasteiger partial charge < -0.3 is 14.6 Å². The van der Waals surface area contributed by atoms with Crippen LogP contribution in [0.4, 0.5) is 8.78 Å². The summed E-state index contributed by atoms with van der Waals surface area (Å²) in [7, 11) is 2.29. The van der Waals surface area contributed by atoms with Crippen molar-refractivity contribution in [1.29, 1.82) is 0 Å². The normalized spacial score (nSPS) is 12.1. The van der Waals surface area contributed by atoms with E-state index in [0.717, 1.165) is 13.2 Å². The van der Waals surface area contributed by atoms with E-state index < -0.39 is 29.3 Å². The topological polar surface area (TPSA) is 55.8 Å². The van der Waals surface area contributed by atoms with Crippen LogP contribution in [0.3, 0.4) is 0 Å². The van der Waals surface area contributed by atoms with Crippen molar-refractivity contribution in [2.24, 2.45) is 0 Å². The van der Waals surface area contributed by atoms with Gasteiger partial charge in [-0.05, 0) is 13.0 Å². The van der Waals surface area contributed by atoms with Crippen LogP contribution in [0.1, 0.15) is 18.4 Å². The van der Waals surface area contributed by atoms with Crippen LogP contribution in [0.5, 0.6) is 11.5 Å². The minimum absolute atomic E-state index is 0.187. The molecule has 0 spiro atoms. The van der Waals surface area contributed by atoms with Crippen LogP contribution in [-0.2, 0) is 4.79 Å². The second-order valence-electron chi connectivity index (χ2n) is 3.39. The minimum atomic E-state index is -1.22. The summed E-state index contributed by atoms with van der Waals surface area (Å²) in [5, 5.41) is 8.81. The Balaban J connectivity index is 3.46. The molecule has 17 heavy (non-hydrogen) atoms. The van der Waals surface area contributed by atoms with E-state index in [1.54, 1.807) is 0 Å². The maximum absolute atomic E-state index is 13.8. The Labute approximate surface area is 96.8 Å². The summed E-state index contributed by atoms with van der Waals surface area (Å²) in [5.74, 6) is -5.27. The Kier molecular flexibility index (Phi) is 3.88. The predicted molar refractivity (Wildman–Crippen MR) is 55.5 cm³/mol. The van der Waals surface area contributed by atoms with E-state index in [1.807, 2.05) is 0 Å². The summed E-state index contributed by atoms with van der Waals surface area (Å²) < 4.78 is 36.6. The molecular formula is C11H12F2O4. The van der Waals surface area contributed by atoms with Gasteiger partial charge in [0.2, 0.25) is 5.82 Å². The van der Waals surface area contributed by atoms with Gasteiger partial charge in [0.05, 0.1) is 20.1 Å². The van der Waals surface area contributed by atoms with Crippen LogP contribution in [-0.4, -0.2) is 25.3 Å². The molecular weight excluding hydrogens is 234 g/mol. The van der Waals surface area contributed by atoms with Crippen LogP contribution < -0.4 is 9.47 Å². The van der Waals surface area contributed by atoms with E-state index in [0.29, 0.717) is 0 Å². The number of hydrogen-bond acceptors (Lipinski definition) is 3. The fourth-order valence-corrected chi connectivity index (χ4v) is 1.38. The van der Waals surface area contributed by atoms with Gasteiger partial charge in [-0.25, -0.2) is 4.39 Å². The number of hydrogen-bond donors (Lipinski definition) is 1. The number of carboxylic acids is 1. The number of halogens is 2. The van der Waals surface area contributed by atoms with Crippen LogP contribution >= 0.6 is 0 Å². The number of carbonyl (C=O) groups is 1. The zero-order valence-corrected chi connectivity index (χ0v) is 9.58. The van der Waals surface area contributed by atoms with Crippen LogP contribution in [0.15, 0.2) is 6.07 Å². The number of benzene rings is 1.